The number of esters is 1. The summed E-state index contributed by atoms with van der Waals surface area (Å²) in [6.45, 7) is 1.90. The lowest BCUT2D eigenvalue weighted by Gasteiger charge is -2.36. The van der Waals surface area contributed by atoms with Crippen LogP contribution >= 0.6 is 11.3 Å². The number of piperidine rings is 1. The molecule has 1 amide bonds. The summed E-state index contributed by atoms with van der Waals surface area (Å²) in [5, 5.41) is 2.79. The summed E-state index contributed by atoms with van der Waals surface area (Å²) in [6.07, 6.45) is 2.79. The van der Waals surface area contributed by atoms with Gasteiger partial charge in [-0.15, -0.1) is 11.3 Å². The fourth-order valence-electron chi connectivity index (χ4n) is 4.32. The van der Waals surface area contributed by atoms with Crippen LogP contribution in [-0.4, -0.2) is 66.5 Å². The minimum absolute atomic E-state index is 0.0355. The lowest BCUT2D eigenvalue weighted by atomic mass is 9.76. The van der Waals surface area contributed by atoms with Gasteiger partial charge in [0.1, 0.15) is 11.8 Å². The van der Waals surface area contributed by atoms with Gasteiger partial charge in [0.05, 0.1) is 10.4 Å². The number of hydrogen-bond donors (Lipinski definition) is 0. The van der Waals surface area contributed by atoms with E-state index in [1.54, 1.807) is 0 Å². The first-order valence-corrected chi connectivity index (χ1v) is 11.0. The van der Waals surface area contributed by atoms with Crippen LogP contribution in [0.15, 0.2) is 35.7 Å². The van der Waals surface area contributed by atoms with Crippen molar-refractivity contribution in [3.63, 3.8) is 0 Å². The average molecular weight is 414 g/mol. The van der Waals surface area contributed by atoms with E-state index in [4.69, 9.17) is 4.74 Å². The average Bonchev–Trinajstić information content (AvgIpc) is 3.27. The monoisotopic (exact) mass is 413 g/mol. The van der Waals surface area contributed by atoms with E-state index in [9.17, 15) is 9.59 Å². The number of hydrogen-bond acceptors (Lipinski definition) is 6. The smallest absolute Gasteiger partial charge is 0.312 e. The number of thiazole rings is 1. The summed E-state index contributed by atoms with van der Waals surface area (Å²) in [6, 6.07) is 10.1. The van der Waals surface area contributed by atoms with Gasteiger partial charge >= 0.3 is 5.97 Å². The second-order valence-electron chi connectivity index (χ2n) is 8.36. The summed E-state index contributed by atoms with van der Waals surface area (Å²) >= 11 is 1.52. The first-order valence-electron chi connectivity index (χ1n) is 10.1. The van der Waals surface area contributed by atoms with E-state index in [2.05, 4.69) is 17.1 Å². The summed E-state index contributed by atoms with van der Waals surface area (Å²) < 4.78 is 5.61. The zero-order valence-electron chi connectivity index (χ0n) is 17.0. The molecule has 0 saturated carbocycles. The summed E-state index contributed by atoms with van der Waals surface area (Å²) in [4.78, 5) is 33.9. The van der Waals surface area contributed by atoms with E-state index in [-0.39, 0.29) is 18.0 Å². The third-order valence-electron chi connectivity index (χ3n) is 5.87. The Morgan fingerprint density at radius 3 is 2.69 bits per heavy atom. The first-order chi connectivity index (χ1) is 13.9. The number of benzene rings is 1. The van der Waals surface area contributed by atoms with E-state index in [0.717, 1.165) is 24.4 Å². The van der Waals surface area contributed by atoms with Gasteiger partial charge in [0.15, 0.2) is 0 Å². The molecule has 4 rings (SSSR count). The lowest BCUT2D eigenvalue weighted by Crippen LogP contribution is -2.45. The van der Waals surface area contributed by atoms with E-state index >= 15 is 0 Å². The number of amides is 1. The molecule has 2 saturated heterocycles. The third kappa shape index (κ3) is 4.36. The molecular weight excluding hydrogens is 386 g/mol. The highest BCUT2D eigenvalue weighted by Gasteiger charge is 2.50. The number of aromatic nitrogens is 1. The highest BCUT2D eigenvalue weighted by atomic mass is 32.1. The van der Waals surface area contributed by atoms with E-state index < -0.39 is 5.41 Å². The maximum Gasteiger partial charge on any atom is 0.312 e. The minimum atomic E-state index is -0.419. The quantitative estimate of drug-likeness (QED) is 0.706. The Balaban J connectivity index is 1.35. The summed E-state index contributed by atoms with van der Waals surface area (Å²) in [7, 11) is 3.97. The van der Waals surface area contributed by atoms with Crippen molar-refractivity contribution in [3.8, 4) is 0 Å². The van der Waals surface area contributed by atoms with Gasteiger partial charge in [-0.05, 0) is 32.5 Å². The second-order valence-corrected chi connectivity index (χ2v) is 9.30. The second kappa shape index (κ2) is 8.24. The third-order valence-corrected chi connectivity index (χ3v) is 6.72. The molecule has 2 aliphatic rings. The van der Waals surface area contributed by atoms with Crippen molar-refractivity contribution in [2.24, 2.45) is 5.41 Å². The molecule has 2 fully saturated rings. The number of nitrogens with zero attached hydrogens (tertiary/aromatic N) is 3. The van der Waals surface area contributed by atoms with Crippen molar-refractivity contribution < 1.29 is 14.3 Å². The molecular formula is C22H27N3O3S. The van der Waals surface area contributed by atoms with Crippen molar-refractivity contribution in [2.45, 2.75) is 31.8 Å². The molecule has 0 bridgehead atoms. The molecule has 0 aliphatic carbocycles. The Labute approximate surface area is 175 Å². The molecule has 2 aliphatic heterocycles. The Morgan fingerprint density at radius 2 is 2.00 bits per heavy atom. The van der Waals surface area contributed by atoms with Crippen LogP contribution in [0.2, 0.25) is 0 Å². The molecule has 3 heterocycles. The molecule has 1 aromatic carbocycles. The van der Waals surface area contributed by atoms with Gasteiger partial charge in [-0.2, -0.15) is 0 Å². The Kier molecular flexibility index (Phi) is 5.69. The Hall–Kier alpha value is -2.25. The first kappa shape index (κ1) is 20.0. The van der Waals surface area contributed by atoms with Crippen molar-refractivity contribution >= 4 is 23.2 Å². The van der Waals surface area contributed by atoms with Gasteiger partial charge in [0.2, 0.25) is 0 Å². The number of rotatable bonds is 5. The van der Waals surface area contributed by atoms with Crippen LogP contribution in [0.1, 0.15) is 40.3 Å². The Morgan fingerprint density at radius 1 is 1.28 bits per heavy atom. The zero-order valence-corrected chi connectivity index (χ0v) is 17.8. The molecule has 7 heteroatoms. The van der Waals surface area contributed by atoms with E-state index in [1.807, 2.05) is 47.5 Å². The van der Waals surface area contributed by atoms with E-state index in [0.29, 0.717) is 31.6 Å². The van der Waals surface area contributed by atoms with Crippen LogP contribution in [0.4, 0.5) is 0 Å². The Bertz CT molecular complexity index is 872. The molecule has 1 atom stereocenters. The molecule has 0 N–H and O–H groups in total. The largest absolute Gasteiger partial charge is 0.461 e. The maximum absolute atomic E-state index is 12.9. The molecule has 1 spiro atoms. The molecule has 1 unspecified atom stereocenters. The van der Waals surface area contributed by atoms with Gasteiger partial charge in [-0.1, -0.05) is 30.3 Å². The minimum Gasteiger partial charge on any atom is -0.461 e. The lowest BCUT2D eigenvalue weighted by molar-refractivity contribution is -0.150. The normalized spacial score (nSPS) is 21.0. The van der Waals surface area contributed by atoms with Crippen LogP contribution in [0, 0.1) is 5.41 Å². The van der Waals surface area contributed by atoms with Crippen LogP contribution in [0.3, 0.4) is 0 Å². The van der Waals surface area contributed by atoms with Gasteiger partial charge in [0, 0.05) is 37.9 Å². The van der Waals surface area contributed by atoms with Gasteiger partial charge in [0.25, 0.3) is 5.91 Å². The van der Waals surface area contributed by atoms with E-state index in [1.165, 1.54) is 16.9 Å². The SMILES string of the molecule is CN(C)CC1CC2(CCN(C(=O)c3csc(Cc4ccccc4)n3)CC2)C(=O)O1. The molecule has 2 aromatic rings. The summed E-state index contributed by atoms with van der Waals surface area (Å²) in [5.41, 5.74) is 1.28. The van der Waals surface area contributed by atoms with Gasteiger partial charge < -0.3 is 14.5 Å². The molecule has 154 valence electrons. The fourth-order valence-corrected chi connectivity index (χ4v) is 5.12. The predicted octanol–water partition coefficient (Wildman–Crippen LogP) is 2.83. The molecule has 6 nitrogen and oxygen atoms in total. The topological polar surface area (TPSA) is 62.7 Å². The summed E-state index contributed by atoms with van der Waals surface area (Å²) in [5.74, 6) is -0.123. The van der Waals surface area contributed by atoms with Gasteiger partial charge in [-0.3, -0.25) is 9.59 Å². The zero-order chi connectivity index (χ0) is 20.4. The van der Waals surface area contributed by atoms with Crippen LogP contribution < -0.4 is 0 Å². The number of likely N-dealkylation sites (tertiary alicyclic amines) is 1. The number of ether oxygens (including phenoxy) is 1. The van der Waals surface area contributed by atoms with Crippen LogP contribution in [0.5, 0.6) is 0 Å². The fraction of sp³-hybridized carbons (Fsp3) is 0.500. The number of likely N-dealkylation sites (N-methyl/N-ethyl adjacent to an activating group) is 1. The van der Waals surface area contributed by atoms with Crippen LogP contribution in [0.25, 0.3) is 0 Å². The van der Waals surface area contributed by atoms with Crippen molar-refractivity contribution in [1.29, 1.82) is 0 Å². The van der Waals surface area contributed by atoms with Crippen molar-refractivity contribution in [1.82, 2.24) is 14.8 Å². The number of cyclic esters (lactones) is 1. The predicted molar refractivity (Wildman–Crippen MR) is 112 cm³/mol. The highest BCUT2D eigenvalue weighted by molar-refractivity contribution is 7.09. The standard InChI is InChI=1S/C22H27N3O3S/c1-24(2)14-17-13-22(21(27)28-17)8-10-25(11-9-22)20(26)18-15-29-19(23-18)12-16-6-4-3-5-7-16/h3-7,15,17H,8-14H2,1-2H3. The molecule has 29 heavy (non-hydrogen) atoms. The van der Waals surface area contributed by atoms with Crippen molar-refractivity contribution in [3.05, 3.63) is 52.0 Å². The highest BCUT2D eigenvalue weighted by Crippen LogP contribution is 2.43. The maximum atomic E-state index is 12.9. The number of carbonyl (C=O) groups is 2. The number of carbonyl (C=O) groups excluding carboxylic acids is 2. The molecule has 0 radical (unpaired) electrons. The van der Waals surface area contributed by atoms with Gasteiger partial charge in [-0.25, -0.2) is 4.98 Å². The molecule has 1 aromatic heterocycles. The van der Waals surface area contributed by atoms with Crippen molar-refractivity contribution in [2.75, 3.05) is 33.7 Å². The van der Waals surface area contributed by atoms with Crippen LogP contribution in [-0.2, 0) is 16.0 Å².